The van der Waals surface area contributed by atoms with Crippen molar-refractivity contribution in [1.82, 2.24) is 25.4 Å². The molecule has 2 unspecified atom stereocenters. The van der Waals surface area contributed by atoms with Crippen molar-refractivity contribution in [2.45, 2.75) is 46.2 Å². The van der Waals surface area contributed by atoms with Crippen LogP contribution in [0.3, 0.4) is 0 Å². The Morgan fingerprint density at radius 1 is 1.42 bits per heavy atom. The van der Waals surface area contributed by atoms with Crippen molar-refractivity contribution < 1.29 is 4.79 Å². The zero-order valence-electron chi connectivity index (χ0n) is 11.9. The second kappa shape index (κ2) is 6.14. The molecule has 1 aromatic rings. The van der Waals surface area contributed by atoms with Gasteiger partial charge in [-0.1, -0.05) is 13.8 Å². The van der Waals surface area contributed by atoms with Crippen molar-refractivity contribution in [2.24, 2.45) is 5.92 Å². The fourth-order valence-electron chi connectivity index (χ4n) is 2.37. The van der Waals surface area contributed by atoms with Gasteiger partial charge in [0.2, 0.25) is 5.91 Å². The Kier molecular flexibility index (Phi) is 4.52. The first-order valence-corrected chi connectivity index (χ1v) is 7.06. The van der Waals surface area contributed by atoms with E-state index in [9.17, 15) is 4.79 Å². The van der Waals surface area contributed by atoms with E-state index >= 15 is 0 Å². The van der Waals surface area contributed by atoms with Crippen LogP contribution in [-0.2, 0) is 17.8 Å². The van der Waals surface area contributed by atoms with Gasteiger partial charge in [-0.05, 0) is 19.9 Å². The lowest BCUT2D eigenvalue weighted by Gasteiger charge is -2.17. The Balaban J connectivity index is 1.93. The summed E-state index contributed by atoms with van der Waals surface area (Å²) in [6.07, 6.45) is 2.11. The van der Waals surface area contributed by atoms with E-state index in [0.29, 0.717) is 6.54 Å². The van der Waals surface area contributed by atoms with E-state index in [1.807, 2.05) is 20.8 Å². The molecule has 0 bridgehead atoms. The Bertz CT molecular complexity index is 442. The summed E-state index contributed by atoms with van der Waals surface area (Å²) in [5.41, 5.74) is 0. The highest BCUT2D eigenvalue weighted by atomic mass is 16.1. The molecule has 1 amide bonds. The van der Waals surface area contributed by atoms with Crippen LogP contribution in [0.4, 0.5) is 0 Å². The van der Waals surface area contributed by atoms with E-state index in [4.69, 9.17) is 0 Å². The summed E-state index contributed by atoms with van der Waals surface area (Å²) in [6, 6.07) is -0.0871. The average Bonchev–Trinajstić information content (AvgIpc) is 2.97. The van der Waals surface area contributed by atoms with Crippen LogP contribution in [0.25, 0.3) is 0 Å². The van der Waals surface area contributed by atoms with Crippen LogP contribution in [0.5, 0.6) is 0 Å². The van der Waals surface area contributed by atoms with Crippen LogP contribution < -0.4 is 10.6 Å². The van der Waals surface area contributed by atoms with E-state index in [1.54, 1.807) is 0 Å². The molecule has 6 nitrogen and oxygen atoms in total. The van der Waals surface area contributed by atoms with Crippen molar-refractivity contribution in [3.05, 3.63) is 11.6 Å². The normalized spacial score (nSPS) is 17.0. The van der Waals surface area contributed by atoms with Gasteiger partial charge in [0, 0.05) is 25.4 Å². The molecule has 1 aliphatic rings. The van der Waals surface area contributed by atoms with Crippen LogP contribution >= 0.6 is 0 Å². The fraction of sp³-hybridized carbons (Fsp3) is 0.769. The van der Waals surface area contributed by atoms with Crippen LogP contribution in [0, 0.1) is 5.92 Å². The zero-order chi connectivity index (χ0) is 13.8. The maximum Gasteiger partial charge on any atom is 0.224 e. The predicted octanol–water partition coefficient (Wildman–Crippen LogP) is 0.647. The lowest BCUT2D eigenvalue weighted by atomic mass is 10.1. The predicted molar refractivity (Wildman–Crippen MR) is 72.6 cm³/mol. The third-order valence-corrected chi connectivity index (χ3v) is 3.53. The molecule has 19 heavy (non-hydrogen) atoms. The van der Waals surface area contributed by atoms with Crippen LogP contribution in [0.2, 0.25) is 0 Å². The Labute approximate surface area is 114 Å². The largest absolute Gasteiger partial charge is 0.346 e. The van der Waals surface area contributed by atoms with Crippen LogP contribution in [-0.4, -0.2) is 33.8 Å². The average molecular weight is 265 g/mol. The van der Waals surface area contributed by atoms with Gasteiger partial charge in [-0.25, -0.2) is 0 Å². The smallest absolute Gasteiger partial charge is 0.224 e. The van der Waals surface area contributed by atoms with E-state index < -0.39 is 0 Å². The molecule has 0 fully saturated rings. The fourth-order valence-corrected chi connectivity index (χ4v) is 2.37. The number of hydrogen-bond acceptors (Lipinski definition) is 4. The van der Waals surface area contributed by atoms with Gasteiger partial charge >= 0.3 is 0 Å². The van der Waals surface area contributed by atoms with Gasteiger partial charge in [0.15, 0.2) is 5.82 Å². The minimum absolute atomic E-state index is 0.0385. The summed E-state index contributed by atoms with van der Waals surface area (Å²) < 4.78 is 2.12. The number of amides is 1. The molecule has 2 atom stereocenters. The monoisotopic (exact) mass is 265 g/mol. The second-order valence-electron chi connectivity index (χ2n) is 5.17. The molecule has 0 radical (unpaired) electrons. The standard InChI is InChI=1S/C13H23N5O/c1-4-14-8-9(2)13(19)15-10(3)12-17-16-11-6-5-7-18(11)12/h9-10,14H,4-8H2,1-3H3,(H,15,19). The minimum atomic E-state index is -0.0871. The van der Waals surface area contributed by atoms with Crippen LogP contribution in [0.15, 0.2) is 0 Å². The minimum Gasteiger partial charge on any atom is -0.346 e. The van der Waals surface area contributed by atoms with Gasteiger partial charge in [0.25, 0.3) is 0 Å². The number of aryl methyl sites for hydroxylation is 1. The highest BCUT2D eigenvalue weighted by Gasteiger charge is 2.23. The summed E-state index contributed by atoms with van der Waals surface area (Å²) in [5.74, 6) is 1.93. The molecule has 0 saturated carbocycles. The summed E-state index contributed by atoms with van der Waals surface area (Å²) in [5, 5.41) is 14.6. The summed E-state index contributed by atoms with van der Waals surface area (Å²) >= 11 is 0. The number of nitrogens with one attached hydrogen (secondary N) is 2. The first kappa shape index (κ1) is 14.0. The summed E-state index contributed by atoms with van der Waals surface area (Å²) in [6.45, 7) is 8.47. The molecule has 0 spiro atoms. The number of nitrogens with zero attached hydrogens (tertiary/aromatic N) is 3. The molecule has 2 N–H and O–H groups in total. The molecule has 0 aliphatic carbocycles. The molecule has 2 heterocycles. The lowest BCUT2D eigenvalue weighted by Crippen LogP contribution is -2.37. The Hall–Kier alpha value is -1.43. The number of carbonyl (C=O) groups excluding carboxylic acids is 1. The maximum absolute atomic E-state index is 12.0. The summed E-state index contributed by atoms with van der Waals surface area (Å²) in [4.78, 5) is 12.0. The second-order valence-corrected chi connectivity index (χ2v) is 5.17. The number of carbonyl (C=O) groups is 1. The molecule has 1 aliphatic heterocycles. The van der Waals surface area contributed by atoms with Crippen molar-refractivity contribution >= 4 is 5.91 Å². The molecule has 2 rings (SSSR count). The van der Waals surface area contributed by atoms with E-state index in [1.165, 1.54) is 0 Å². The van der Waals surface area contributed by atoms with E-state index in [0.717, 1.165) is 37.6 Å². The zero-order valence-corrected chi connectivity index (χ0v) is 11.9. The number of rotatable bonds is 6. The molecule has 0 saturated heterocycles. The molecular formula is C13H23N5O. The molecule has 106 valence electrons. The molecule has 6 heteroatoms. The van der Waals surface area contributed by atoms with Crippen molar-refractivity contribution in [2.75, 3.05) is 13.1 Å². The van der Waals surface area contributed by atoms with Gasteiger partial charge in [-0.3, -0.25) is 4.79 Å². The molecule has 1 aromatic heterocycles. The van der Waals surface area contributed by atoms with Crippen LogP contribution in [0.1, 0.15) is 44.9 Å². The van der Waals surface area contributed by atoms with Crippen molar-refractivity contribution in [3.63, 3.8) is 0 Å². The first-order valence-electron chi connectivity index (χ1n) is 7.06. The number of fused-ring (bicyclic) bond motifs is 1. The van der Waals surface area contributed by atoms with E-state index in [2.05, 4.69) is 25.4 Å². The van der Waals surface area contributed by atoms with Crippen molar-refractivity contribution in [1.29, 1.82) is 0 Å². The third kappa shape index (κ3) is 3.12. The third-order valence-electron chi connectivity index (χ3n) is 3.53. The number of aromatic nitrogens is 3. The van der Waals surface area contributed by atoms with E-state index in [-0.39, 0.29) is 17.9 Å². The quantitative estimate of drug-likeness (QED) is 0.792. The van der Waals surface area contributed by atoms with Crippen molar-refractivity contribution in [3.8, 4) is 0 Å². The lowest BCUT2D eigenvalue weighted by molar-refractivity contribution is -0.125. The van der Waals surface area contributed by atoms with Gasteiger partial charge in [0.1, 0.15) is 5.82 Å². The highest BCUT2D eigenvalue weighted by molar-refractivity contribution is 5.78. The maximum atomic E-state index is 12.0. The number of hydrogen-bond donors (Lipinski definition) is 2. The Morgan fingerprint density at radius 3 is 2.95 bits per heavy atom. The van der Waals surface area contributed by atoms with Gasteiger partial charge in [0.05, 0.1) is 6.04 Å². The Morgan fingerprint density at radius 2 is 2.21 bits per heavy atom. The van der Waals surface area contributed by atoms with Gasteiger partial charge in [-0.2, -0.15) is 0 Å². The topological polar surface area (TPSA) is 71.8 Å². The molecule has 0 aromatic carbocycles. The van der Waals surface area contributed by atoms with Gasteiger partial charge in [-0.15, -0.1) is 10.2 Å². The highest BCUT2D eigenvalue weighted by Crippen LogP contribution is 2.19. The first-order chi connectivity index (χ1) is 9.13. The molecular weight excluding hydrogens is 242 g/mol. The SMILES string of the molecule is CCNCC(C)C(=O)NC(C)c1nnc2n1CCC2. The summed E-state index contributed by atoms with van der Waals surface area (Å²) in [7, 11) is 0. The van der Waals surface area contributed by atoms with Gasteiger partial charge < -0.3 is 15.2 Å².